The van der Waals surface area contributed by atoms with Gasteiger partial charge in [-0.3, -0.25) is 9.59 Å². The van der Waals surface area contributed by atoms with Crippen LogP contribution in [0.3, 0.4) is 0 Å². The Balaban J connectivity index is 1.58. The van der Waals surface area contributed by atoms with Gasteiger partial charge in [0, 0.05) is 17.3 Å². The summed E-state index contributed by atoms with van der Waals surface area (Å²) >= 11 is 0. The normalized spacial score (nSPS) is 21.7. The second-order valence-electron chi connectivity index (χ2n) is 10.8. The van der Waals surface area contributed by atoms with Gasteiger partial charge in [0.25, 0.3) is 11.5 Å². The van der Waals surface area contributed by atoms with Crippen LogP contribution in [0.15, 0.2) is 23.0 Å². The zero-order valence-electron chi connectivity index (χ0n) is 19.3. The molecule has 2 heterocycles. The first kappa shape index (κ1) is 21.8. The number of carboxylic acids is 1. The standard InChI is InChI=1S/C25H30N2O6/c1-23(2)6-10-25(11-7-23,22(30)31)26-20(28)16-12-15-4-5-17(32-3)19-18(15)27(21(16)29)13-24(8-9-24)14-33-19/h4-5,12H,6-11,13-14H2,1-3H3,(H,26,28)(H,30,31). The molecule has 1 aromatic carbocycles. The van der Waals surface area contributed by atoms with Crippen LogP contribution in [0.4, 0.5) is 0 Å². The molecule has 0 saturated heterocycles. The fourth-order valence-electron chi connectivity index (χ4n) is 5.16. The van der Waals surface area contributed by atoms with Gasteiger partial charge >= 0.3 is 5.97 Å². The summed E-state index contributed by atoms with van der Waals surface area (Å²) in [5.74, 6) is -0.637. The molecule has 2 fully saturated rings. The molecule has 2 aliphatic carbocycles. The predicted molar refractivity (Wildman–Crippen MR) is 122 cm³/mol. The van der Waals surface area contributed by atoms with E-state index >= 15 is 0 Å². The number of nitrogens with zero attached hydrogens (tertiary/aromatic N) is 1. The highest BCUT2D eigenvalue weighted by molar-refractivity contribution is 6.01. The van der Waals surface area contributed by atoms with Gasteiger partial charge in [0.15, 0.2) is 11.5 Å². The van der Waals surface area contributed by atoms with Crippen LogP contribution in [0.5, 0.6) is 11.5 Å². The minimum Gasteiger partial charge on any atom is -0.493 e. The van der Waals surface area contributed by atoms with Crippen molar-refractivity contribution in [3.63, 3.8) is 0 Å². The highest BCUT2D eigenvalue weighted by Gasteiger charge is 2.48. The lowest BCUT2D eigenvalue weighted by Gasteiger charge is -2.41. The fraction of sp³-hybridized carbons (Fsp3) is 0.560. The SMILES string of the molecule is COc1ccc2cc(C(=O)NC3(C(=O)O)CCC(C)(C)CC3)c(=O)n3c2c1OCC1(CC1)C3. The van der Waals surface area contributed by atoms with E-state index < -0.39 is 23.0 Å². The molecule has 1 aliphatic heterocycles. The van der Waals surface area contributed by atoms with Crippen LogP contribution in [-0.4, -0.2) is 40.8 Å². The van der Waals surface area contributed by atoms with E-state index in [0.29, 0.717) is 61.2 Å². The molecule has 1 aromatic heterocycles. The molecule has 176 valence electrons. The average Bonchev–Trinajstić information content (AvgIpc) is 3.57. The molecule has 1 amide bonds. The molecule has 2 saturated carbocycles. The van der Waals surface area contributed by atoms with Crippen LogP contribution >= 0.6 is 0 Å². The number of amides is 1. The van der Waals surface area contributed by atoms with Gasteiger partial charge in [-0.25, -0.2) is 4.79 Å². The van der Waals surface area contributed by atoms with Crippen molar-refractivity contribution in [3.05, 3.63) is 34.1 Å². The van der Waals surface area contributed by atoms with Crippen molar-refractivity contribution in [1.82, 2.24) is 9.88 Å². The van der Waals surface area contributed by atoms with Crippen LogP contribution in [-0.2, 0) is 11.3 Å². The summed E-state index contributed by atoms with van der Waals surface area (Å²) in [6.45, 7) is 5.16. The lowest BCUT2D eigenvalue weighted by atomic mass is 9.69. The smallest absolute Gasteiger partial charge is 0.329 e. The lowest BCUT2D eigenvalue weighted by molar-refractivity contribution is -0.146. The Morgan fingerprint density at radius 1 is 1.12 bits per heavy atom. The Bertz CT molecular complexity index is 1210. The molecule has 8 heteroatoms. The van der Waals surface area contributed by atoms with Gasteiger partial charge in [-0.1, -0.05) is 13.8 Å². The van der Waals surface area contributed by atoms with E-state index in [1.165, 1.54) is 0 Å². The maximum atomic E-state index is 13.6. The molecule has 2 aromatic rings. The van der Waals surface area contributed by atoms with Gasteiger partial charge in [-0.05, 0) is 62.1 Å². The first-order valence-corrected chi connectivity index (χ1v) is 11.5. The Morgan fingerprint density at radius 3 is 2.42 bits per heavy atom. The molecule has 0 atom stereocenters. The zero-order chi connectivity index (χ0) is 23.6. The molecule has 8 nitrogen and oxygen atoms in total. The third kappa shape index (κ3) is 3.56. The second-order valence-corrected chi connectivity index (χ2v) is 10.8. The van der Waals surface area contributed by atoms with E-state index in [1.54, 1.807) is 29.9 Å². The average molecular weight is 455 g/mol. The largest absolute Gasteiger partial charge is 0.493 e. The summed E-state index contributed by atoms with van der Waals surface area (Å²) in [5.41, 5.74) is -1.30. The molecule has 2 N–H and O–H groups in total. The number of benzene rings is 1. The highest BCUT2D eigenvalue weighted by atomic mass is 16.5. The number of methoxy groups -OCH3 is 1. The van der Waals surface area contributed by atoms with E-state index in [0.717, 1.165) is 12.8 Å². The third-order valence-electron chi connectivity index (χ3n) is 7.83. The predicted octanol–water partition coefficient (Wildman–Crippen LogP) is 3.34. The Labute approximate surface area is 191 Å². The number of ether oxygens (including phenoxy) is 2. The minimum absolute atomic E-state index is 0.0304. The summed E-state index contributed by atoms with van der Waals surface area (Å²) < 4.78 is 13.2. The summed E-state index contributed by atoms with van der Waals surface area (Å²) in [5, 5.41) is 13.4. The van der Waals surface area contributed by atoms with Crippen LogP contribution < -0.4 is 20.3 Å². The molecular formula is C25H30N2O6. The quantitative estimate of drug-likeness (QED) is 0.734. The number of carbonyl (C=O) groups excluding carboxylic acids is 1. The highest BCUT2D eigenvalue weighted by Crippen LogP contribution is 2.51. The van der Waals surface area contributed by atoms with Gasteiger partial charge < -0.3 is 24.5 Å². The molecule has 0 radical (unpaired) electrons. The summed E-state index contributed by atoms with van der Waals surface area (Å²) in [4.78, 5) is 39.2. The third-order valence-corrected chi connectivity index (χ3v) is 7.83. The summed E-state index contributed by atoms with van der Waals surface area (Å²) in [6, 6.07) is 5.11. The monoisotopic (exact) mass is 454 g/mol. The molecule has 5 rings (SSSR count). The van der Waals surface area contributed by atoms with Gasteiger partial charge in [0.2, 0.25) is 0 Å². The number of carboxylic acid groups (broad SMARTS) is 1. The molecule has 0 unspecified atom stereocenters. The topological polar surface area (TPSA) is 107 Å². The van der Waals surface area contributed by atoms with E-state index in [4.69, 9.17) is 9.47 Å². The molecule has 0 bridgehead atoms. The number of rotatable bonds is 4. The maximum absolute atomic E-state index is 13.6. The van der Waals surface area contributed by atoms with Crippen molar-refractivity contribution in [2.75, 3.05) is 13.7 Å². The van der Waals surface area contributed by atoms with E-state index in [1.807, 2.05) is 0 Å². The minimum atomic E-state index is -1.36. The zero-order valence-corrected chi connectivity index (χ0v) is 19.3. The van der Waals surface area contributed by atoms with Gasteiger partial charge in [0.1, 0.15) is 11.1 Å². The van der Waals surface area contributed by atoms with E-state index in [2.05, 4.69) is 19.2 Å². The van der Waals surface area contributed by atoms with Crippen molar-refractivity contribution in [1.29, 1.82) is 0 Å². The van der Waals surface area contributed by atoms with Crippen LogP contribution in [0.1, 0.15) is 62.7 Å². The van der Waals surface area contributed by atoms with Gasteiger partial charge in [-0.2, -0.15) is 0 Å². The summed E-state index contributed by atoms with van der Waals surface area (Å²) in [6.07, 6.45) is 3.94. The Morgan fingerprint density at radius 2 is 1.82 bits per heavy atom. The number of aromatic nitrogens is 1. The number of nitrogens with one attached hydrogen (secondary N) is 1. The number of carbonyl (C=O) groups is 2. The maximum Gasteiger partial charge on any atom is 0.329 e. The van der Waals surface area contributed by atoms with E-state index in [9.17, 15) is 19.5 Å². The van der Waals surface area contributed by atoms with Crippen molar-refractivity contribution in [2.45, 2.75) is 64.5 Å². The molecule has 3 aliphatic rings. The van der Waals surface area contributed by atoms with Crippen molar-refractivity contribution in [2.24, 2.45) is 10.8 Å². The van der Waals surface area contributed by atoms with Crippen molar-refractivity contribution in [3.8, 4) is 11.5 Å². The first-order valence-electron chi connectivity index (χ1n) is 11.5. The fourth-order valence-corrected chi connectivity index (χ4v) is 5.16. The molecule has 1 spiro atoms. The molecular weight excluding hydrogens is 424 g/mol. The Kier molecular flexibility index (Phi) is 4.78. The Hall–Kier alpha value is -3.03. The van der Waals surface area contributed by atoms with Crippen LogP contribution in [0.25, 0.3) is 10.9 Å². The van der Waals surface area contributed by atoms with Crippen LogP contribution in [0, 0.1) is 10.8 Å². The number of hydrogen-bond donors (Lipinski definition) is 2. The first-order chi connectivity index (χ1) is 15.6. The second kappa shape index (κ2) is 7.23. The number of aliphatic carboxylic acids is 1. The van der Waals surface area contributed by atoms with Crippen molar-refractivity contribution < 1.29 is 24.2 Å². The van der Waals surface area contributed by atoms with E-state index in [-0.39, 0.29) is 16.4 Å². The number of hydrogen-bond acceptors (Lipinski definition) is 5. The lowest BCUT2D eigenvalue weighted by Crippen LogP contribution is -2.57. The van der Waals surface area contributed by atoms with Gasteiger partial charge in [0.05, 0.1) is 19.2 Å². The van der Waals surface area contributed by atoms with Crippen molar-refractivity contribution >= 4 is 22.8 Å². The number of pyridine rings is 1. The van der Waals surface area contributed by atoms with Crippen LogP contribution in [0.2, 0.25) is 0 Å². The summed E-state index contributed by atoms with van der Waals surface area (Å²) in [7, 11) is 1.56. The van der Waals surface area contributed by atoms with Gasteiger partial charge in [-0.15, -0.1) is 0 Å². The molecule has 33 heavy (non-hydrogen) atoms.